The van der Waals surface area contributed by atoms with E-state index in [0.29, 0.717) is 45.6 Å². The second-order valence-corrected chi connectivity index (χ2v) is 8.11. The van der Waals surface area contributed by atoms with Crippen LogP contribution in [-0.4, -0.2) is 36.6 Å². The van der Waals surface area contributed by atoms with Crippen molar-refractivity contribution in [2.45, 2.75) is 20.5 Å². The van der Waals surface area contributed by atoms with Crippen LogP contribution in [-0.2, 0) is 6.61 Å². The van der Waals surface area contributed by atoms with Crippen LogP contribution in [0.5, 0.6) is 23.0 Å². The lowest BCUT2D eigenvalue weighted by Crippen LogP contribution is -2.17. The maximum atomic E-state index is 13.0. The molecule has 0 fully saturated rings. The lowest BCUT2D eigenvalue weighted by molar-refractivity contribution is 0.102. The van der Waals surface area contributed by atoms with Crippen LogP contribution in [0.25, 0.3) is 5.65 Å². The molecule has 0 aliphatic heterocycles. The first-order valence-electron chi connectivity index (χ1n) is 11.2. The summed E-state index contributed by atoms with van der Waals surface area (Å²) in [5.74, 6) is 1.36. The number of ether oxygens (including phenoxy) is 4. The van der Waals surface area contributed by atoms with Gasteiger partial charge in [0.25, 0.3) is 11.5 Å². The quantitative estimate of drug-likeness (QED) is 0.397. The Balaban J connectivity index is 1.54. The van der Waals surface area contributed by atoms with Crippen LogP contribution < -0.4 is 29.8 Å². The summed E-state index contributed by atoms with van der Waals surface area (Å²) in [6, 6.07) is 13.7. The van der Waals surface area contributed by atoms with Crippen molar-refractivity contribution in [1.29, 1.82) is 0 Å². The number of aromatic nitrogens is 2. The van der Waals surface area contributed by atoms with Gasteiger partial charge in [0, 0.05) is 29.6 Å². The molecule has 2 heterocycles. The van der Waals surface area contributed by atoms with Crippen LogP contribution in [0.3, 0.4) is 0 Å². The molecule has 2 aromatic carbocycles. The van der Waals surface area contributed by atoms with Crippen molar-refractivity contribution in [1.82, 2.24) is 9.38 Å². The third-order valence-corrected chi connectivity index (χ3v) is 5.69. The van der Waals surface area contributed by atoms with Gasteiger partial charge in [-0.3, -0.25) is 14.0 Å². The highest BCUT2D eigenvalue weighted by molar-refractivity contribution is 6.05. The number of aryl methyl sites for hydroxylation is 2. The number of carbonyl (C=O) groups is 1. The summed E-state index contributed by atoms with van der Waals surface area (Å²) < 4.78 is 23.5. The maximum Gasteiger partial charge on any atom is 0.258 e. The molecule has 0 radical (unpaired) electrons. The SMILES string of the molecule is COc1cc(C(=O)Nc2ccc(C)c(OCc3cc(=O)n4cccc(C)c4n3)c2)cc(OC)c1OC. The molecular weight excluding hydrogens is 462 g/mol. The molecule has 186 valence electrons. The first kappa shape index (κ1) is 24.6. The number of nitrogens with zero attached hydrogens (tertiary/aromatic N) is 2. The molecule has 9 nitrogen and oxygen atoms in total. The average molecular weight is 490 g/mol. The zero-order valence-electron chi connectivity index (χ0n) is 20.7. The largest absolute Gasteiger partial charge is 0.493 e. The van der Waals surface area contributed by atoms with Gasteiger partial charge in [0.2, 0.25) is 5.75 Å². The number of methoxy groups -OCH3 is 3. The van der Waals surface area contributed by atoms with E-state index in [1.807, 2.05) is 32.0 Å². The monoisotopic (exact) mass is 489 g/mol. The fourth-order valence-corrected chi connectivity index (χ4v) is 3.78. The number of rotatable bonds is 8. The van der Waals surface area contributed by atoms with Gasteiger partial charge in [-0.15, -0.1) is 0 Å². The van der Waals surface area contributed by atoms with Gasteiger partial charge in [-0.05, 0) is 49.2 Å². The summed E-state index contributed by atoms with van der Waals surface area (Å²) in [5.41, 5.74) is 3.57. The van der Waals surface area contributed by atoms with Gasteiger partial charge in [0.1, 0.15) is 18.0 Å². The predicted molar refractivity (Wildman–Crippen MR) is 136 cm³/mol. The smallest absolute Gasteiger partial charge is 0.258 e. The molecule has 0 unspecified atom stereocenters. The van der Waals surface area contributed by atoms with Crippen molar-refractivity contribution in [3.05, 3.63) is 87.5 Å². The summed E-state index contributed by atoms with van der Waals surface area (Å²) in [6.07, 6.45) is 1.69. The van der Waals surface area contributed by atoms with Crippen molar-refractivity contribution in [3.63, 3.8) is 0 Å². The van der Waals surface area contributed by atoms with Crippen molar-refractivity contribution in [3.8, 4) is 23.0 Å². The number of hydrogen-bond donors (Lipinski definition) is 1. The topological polar surface area (TPSA) is 100 Å². The highest BCUT2D eigenvalue weighted by Gasteiger charge is 2.17. The van der Waals surface area contributed by atoms with Crippen LogP contribution in [0.15, 0.2) is 59.5 Å². The van der Waals surface area contributed by atoms with Gasteiger partial charge < -0.3 is 24.3 Å². The molecule has 1 N–H and O–H groups in total. The van der Waals surface area contributed by atoms with E-state index in [0.717, 1.165) is 11.1 Å². The second kappa shape index (κ2) is 10.4. The van der Waals surface area contributed by atoms with E-state index >= 15 is 0 Å². The van der Waals surface area contributed by atoms with Crippen LogP contribution in [0.4, 0.5) is 5.69 Å². The second-order valence-electron chi connectivity index (χ2n) is 8.11. The number of amides is 1. The molecule has 4 aromatic rings. The molecule has 0 aliphatic rings. The van der Waals surface area contributed by atoms with E-state index in [9.17, 15) is 9.59 Å². The van der Waals surface area contributed by atoms with Crippen molar-refractivity contribution >= 4 is 17.2 Å². The Bertz CT molecular complexity index is 1470. The van der Waals surface area contributed by atoms with Gasteiger partial charge in [-0.1, -0.05) is 12.1 Å². The van der Waals surface area contributed by atoms with E-state index in [2.05, 4.69) is 10.3 Å². The lowest BCUT2D eigenvalue weighted by atomic mass is 10.1. The number of benzene rings is 2. The first-order valence-corrected chi connectivity index (χ1v) is 11.2. The van der Waals surface area contributed by atoms with E-state index in [-0.39, 0.29) is 18.1 Å². The minimum atomic E-state index is -0.358. The normalized spacial score (nSPS) is 10.7. The number of pyridine rings is 1. The third kappa shape index (κ3) is 4.95. The molecule has 0 bridgehead atoms. The third-order valence-electron chi connectivity index (χ3n) is 5.69. The van der Waals surface area contributed by atoms with Crippen LogP contribution in [0.2, 0.25) is 0 Å². The molecule has 1 amide bonds. The maximum absolute atomic E-state index is 13.0. The molecule has 0 atom stereocenters. The summed E-state index contributed by atoms with van der Waals surface area (Å²) in [6.45, 7) is 3.90. The molecular formula is C27H27N3O6. The Kier molecular flexibility index (Phi) is 7.10. The fraction of sp³-hybridized carbons (Fsp3) is 0.222. The molecule has 0 aliphatic carbocycles. The lowest BCUT2D eigenvalue weighted by Gasteiger charge is -2.15. The Hall–Kier alpha value is -4.53. The van der Waals surface area contributed by atoms with Crippen molar-refractivity contribution < 1.29 is 23.7 Å². The van der Waals surface area contributed by atoms with E-state index in [1.54, 1.807) is 30.5 Å². The van der Waals surface area contributed by atoms with Crippen molar-refractivity contribution in [2.75, 3.05) is 26.6 Å². The zero-order chi connectivity index (χ0) is 25.8. The highest BCUT2D eigenvalue weighted by atomic mass is 16.5. The minimum Gasteiger partial charge on any atom is -0.493 e. The van der Waals surface area contributed by atoms with Gasteiger partial charge in [0.15, 0.2) is 11.5 Å². The summed E-state index contributed by atoms with van der Waals surface area (Å²) in [7, 11) is 4.48. The van der Waals surface area contributed by atoms with Crippen LogP contribution in [0.1, 0.15) is 27.2 Å². The van der Waals surface area contributed by atoms with E-state index in [4.69, 9.17) is 18.9 Å². The first-order chi connectivity index (χ1) is 17.3. The summed E-state index contributed by atoms with van der Waals surface area (Å²) in [4.78, 5) is 30.0. The van der Waals surface area contributed by atoms with Gasteiger partial charge >= 0.3 is 0 Å². The van der Waals surface area contributed by atoms with E-state index < -0.39 is 0 Å². The molecule has 0 saturated heterocycles. The minimum absolute atomic E-state index is 0.102. The summed E-state index contributed by atoms with van der Waals surface area (Å²) in [5, 5.41) is 2.87. The fourth-order valence-electron chi connectivity index (χ4n) is 3.78. The number of nitrogens with one attached hydrogen (secondary N) is 1. The molecule has 0 saturated carbocycles. The van der Waals surface area contributed by atoms with Gasteiger partial charge in [0.05, 0.1) is 27.0 Å². The number of anilines is 1. The highest BCUT2D eigenvalue weighted by Crippen LogP contribution is 2.38. The van der Waals surface area contributed by atoms with Crippen LogP contribution in [0, 0.1) is 13.8 Å². The Morgan fingerprint density at radius 2 is 1.64 bits per heavy atom. The predicted octanol–water partition coefficient (Wildman–Crippen LogP) is 4.17. The standard InChI is InChI=1S/C27H27N3O6/c1-16-8-9-19(29-27(32)18-11-22(33-3)25(35-5)23(12-18)34-4)13-21(16)36-15-20-14-24(31)30-10-6-7-17(2)26(30)28-20/h6-14H,15H2,1-5H3,(H,29,32). The number of hydrogen-bond acceptors (Lipinski definition) is 7. The average Bonchev–Trinajstić information content (AvgIpc) is 2.88. The zero-order valence-corrected chi connectivity index (χ0v) is 20.7. The van der Waals surface area contributed by atoms with Gasteiger partial charge in [-0.2, -0.15) is 0 Å². The molecule has 2 aromatic heterocycles. The van der Waals surface area contributed by atoms with Gasteiger partial charge in [-0.25, -0.2) is 4.98 Å². The Morgan fingerprint density at radius 1 is 0.917 bits per heavy atom. The number of carbonyl (C=O) groups excluding carboxylic acids is 1. The number of fused-ring (bicyclic) bond motifs is 1. The molecule has 4 rings (SSSR count). The molecule has 0 spiro atoms. The molecule has 36 heavy (non-hydrogen) atoms. The Labute approximate surface area is 208 Å². The summed E-state index contributed by atoms with van der Waals surface area (Å²) >= 11 is 0. The van der Waals surface area contributed by atoms with E-state index in [1.165, 1.54) is 31.8 Å². The molecule has 9 heteroatoms. The Morgan fingerprint density at radius 3 is 2.31 bits per heavy atom. The van der Waals surface area contributed by atoms with Crippen molar-refractivity contribution in [2.24, 2.45) is 0 Å². The van der Waals surface area contributed by atoms with Crippen LogP contribution >= 0.6 is 0 Å².